The molecule has 1 rings (SSSR count). The van der Waals surface area contributed by atoms with E-state index in [2.05, 4.69) is 6.54 Å². The highest BCUT2D eigenvalue weighted by atomic mass is 16.3. The molecule has 2 nitrogen and oxygen atoms in total. The summed E-state index contributed by atoms with van der Waals surface area (Å²) < 4.78 is 0. The van der Waals surface area contributed by atoms with Crippen molar-refractivity contribution < 1.29 is 5.11 Å². The van der Waals surface area contributed by atoms with E-state index in [4.69, 9.17) is 5.11 Å². The van der Waals surface area contributed by atoms with Gasteiger partial charge >= 0.3 is 0 Å². The predicted octanol–water partition coefficient (Wildman–Crippen LogP) is 0.972. The summed E-state index contributed by atoms with van der Waals surface area (Å²) in [5.41, 5.74) is 0. The fourth-order valence-electron chi connectivity index (χ4n) is 1.13. The molecule has 2 heteroatoms. The molecule has 1 aliphatic rings. The van der Waals surface area contributed by atoms with E-state index in [1.165, 1.54) is 12.8 Å². The zero-order chi connectivity index (χ0) is 6.69. The van der Waals surface area contributed by atoms with E-state index in [0.717, 1.165) is 13.0 Å². The molecule has 1 saturated heterocycles. The number of hydrogen-bond acceptors (Lipinski definition) is 2. The van der Waals surface area contributed by atoms with Crippen molar-refractivity contribution in [2.24, 2.45) is 0 Å². The normalized spacial score (nSPS) is 26.0. The highest BCUT2D eigenvalue weighted by molar-refractivity contribution is 4.74. The van der Waals surface area contributed by atoms with E-state index >= 15 is 0 Å². The van der Waals surface area contributed by atoms with Crippen LogP contribution in [0.2, 0.25) is 0 Å². The highest BCUT2D eigenvalue weighted by Gasteiger charge is 2.13. The van der Waals surface area contributed by atoms with Gasteiger partial charge in [0.25, 0.3) is 0 Å². The van der Waals surface area contributed by atoms with Crippen molar-refractivity contribution in [3.8, 4) is 0 Å². The van der Waals surface area contributed by atoms with Crippen LogP contribution in [0.3, 0.4) is 0 Å². The molecule has 0 aromatic rings. The van der Waals surface area contributed by atoms with Crippen LogP contribution in [0.15, 0.2) is 0 Å². The molecular weight excluding hydrogens is 114 g/mol. The molecule has 1 atom stereocenters. The van der Waals surface area contributed by atoms with E-state index in [1.54, 1.807) is 0 Å². The van der Waals surface area contributed by atoms with E-state index < -0.39 is 0 Å². The molecule has 0 saturated carbocycles. The molecule has 9 heavy (non-hydrogen) atoms. The number of aliphatic hydroxyl groups is 1. The second-order valence-electron chi connectivity index (χ2n) is 2.55. The quantitative estimate of drug-likeness (QED) is 0.569. The Labute approximate surface area is 56.5 Å². The standard InChI is InChI=1S/C7H14NO/c1-7(9)8-5-3-2-4-6-8/h5,7,9H,2-4,6H2,1H3. The van der Waals surface area contributed by atoms with Crippen molar-refractivity contribution >= 4 is 0 Å². The number of hydrogen-bond donors (Lipinski definition) is 1. The third-order valence-electron chi connectivity index (χ3n) is 1.71. The summed E-state index contributed by atoms with van der Waals surface area (Å²) in [6.07, 6.45) is 3.35. The van der Waals surface area contributed by atoms with Gasteiger partial charge in [-0.2, -0.15) is 0 Å². The van der Waals surface area contributed by atoms with Crippen LogP contribution in [0.1, 0.15) is 26.2 Å². The third-order valence-corrected chi connectivity index (χ3v) is 1.71. The number of aliphatic hydroxyl groups excluding tert-OH is 1. The topological polar surface area (TPSA) is 23.5 Å². The molecule has 0 spiro atoms. The van der Waals surface area contributed by atoms with Crippen LogP contribution in [0, 0.1) is 6.54 Å². The van der Waals surface area contributed by atoms with Crippen molar-refractivity contribution in [2.75, 3.05) is 6.54 Å². The summed E-state index contributed by atoms with van der Waals surface area (Å²) in [4.78, 5) is 1.99. The minimum atomic E-state index is -0.287. The van der Waals surface area contributed by atoms with Crippen molar-refractivity contribution in [2.45, 2.75) is 32.4 Å². The molecule has 1 unspecified atom stereocenters. The van der Waals surface area contributed by atoms with E-state index in [0.29, 0.717) is 0 Å². The van der Waals surface area contributed by atoms with Gasteiger partial charge in [-0.3, -0.25) is 4.90 Å². The molecule has 1 fully saturated rings. The van der Waals surface area contributed by atoms with Gasteiger partial charge in [0.15, 0.2) is 0 Å². The Bertz CT molecular complexity index is 77.0. The number of piperidine rings is 1. The van der Waals surface area contributed by atoms with Crippen molar-refractivity contribution in [1.29, 1.82) is 0 Å². The lowest BCUT2D eigenvalue weighted by atomic mass is 10.1. The fourth-order valence-corrected chi connectivity index (χ4v) is 1.13. The van der Waals surface area contributed by atoms with Crippen LogP contribution in [0.25, 0.3) is 0 Å². The lowest BCUT2D eigenvalue weighted by Gasteiger charge is -2.28. The Balaban J connectivity index is 2.23. The first kappa shape index (κ1) is 7.03. The van der Waals surface area contributed by atoms with Gasteiger partial charge in [-0.15, -0.1) is 0 Å². The van der Waals surface area contributed by atoms with Crippen LogP contribution in [0.5, 0.6) is 0 Å². The first-order valence-corrected chi connectivity index (χ1v) is 3.58. The summed E-state index contributed by atoms with van der Waals surface area (Å²) in [6.45, 7) is 4.92. The molecule has 1 N–H and O–H groups in total. The van der Waals surface area contributed by atoms with Gasteiger partial charge in [0.1, 0.15) is 6.23 Å². The Morgan fingerprint density at radius 2 is 2.33 bits per heavy atom. The maximum atomic E-state index is 9.07. The van der Waals surface area contributed by atoms with Gasteiger partial charge in [-0.25, -0.2) is 0 Å². The van der Waals surface area contributed by atoms with E-state index in [-0.39, 0.29) is 6.23 Å². The minimum absolute atomic E-state index is 0.287. The average molecular weight is 128 g/mol. The maximum Gasteiger partial charge on any atom is 0.104 e. The molecule has 1 aliphatic heterocycles. The fraction of sp³-hybridized carbons (Fsp3) is 0.857. The molecule has 0 aliphatic carbocycles. The molecule has 1 heterocycles. The molecule has 0 aromatic carbocycles. The van der Waals surface area contributed by atoms with Gasteiger partial charge in [-0.1, -0.05) is 6.42 Å². The predicted molar refractivity (Wildman–Crippen MR) is 36.5 cm³/mol. The Morgan fingerprint density at radius 1 is 1.56 bits per heavy atom. The summed E-state index contributed by atoms with van der Waals surface area (Å²) in [5, 5.41) is 9.07. The molecule has 0 aromatic heterocycles. The molecule has 0 amide bonds. The maximum absolute atomic E-state index is 9.07. The summed E-state index contributed by atoms with van der Waals surface area (Å²) >= 11 is 0. The van der Waals surface area contributed by atoms with Gasteiger partial charge < -0.3 is 5.11 Å². The van der Waals surface area contributed by atoms with Crippen LogP contribution < -0.4 is 0 Å². The average Bonchev–Trinajstić information content (AvgIpc) is 1.90. The molecule has 53 valence electrons. The Kier molecular flexibility index (Phi) is 2.49. The van der Waals surface area contributed by atoms with Crippen LogP contribution in [0.4, 0.5) is 0 Å². The number of likely N-dealkylation sites (tertiary alicyclic amines) is 1. The molecule has 1 radical (unpaired) electrons. The van der Waals surface area contributed by atoms with Gasteiger partial charge in [0.2, 0.25) is 0 Å². The van der Waals surface area contributed by atoms with Gasteiger partial charge in [0.05, 0.1) is 0 Å². The third kappa shape index (κ3) is 1.95. The summed E-state index contributed by atoms with van der Waals surface area (Å²) in [7, 11) is 0. The van der Waals surface area contributed by atoms with Crippen LogP contribution in [-0.4, -0.2) is 22.8 Å². The second-order valence-corrected chi connectivity index (χ2v) is 2.55. The summed E-state index contributed by atoms with van der Waals surface area (Å²) in [5.74, 6) is 0. The zero-order valence-electron chi connectivity index (χ0n) is 5.88. The van der Waals surface area contributed by atoms with Crippen LogP contribution in [-0.2, 0) is 0 Å². The summed E-state index contributed by atoms with van der Waals surface area (Å²) in [6, 6.07) is 0. The van der Waals surface area contributed by atoms with Crippen molar-refractivity contribution in [3.05, 3.63) is 6.54 Å². The SMILES string of the molecule is CC(O)N1[CH]CCCC1. The van der Waals surface area contributed by atoms with Gasteiger partial charge in [0, 0.05) is 13.1 Å². The molecule has 0 bridgehead atoms. The Morgan fingerprint density at radius 3 is 2.67 bits per heavy atom. The first-order valence-electron chi connectivity index (χ1n) is 3.58. The first-order chi connectivity index (χ1) is 4.30. The van der Waals surface area contributed by atoms with E-state index in [1.807, 2.05) is 11.8 Å². The highest BCUT2D eigenvalue weighted by Crippen LogP contribution is 2.13. The monoisotopic (exact) mass is 128 g/mol. The molecular formula is C7H14NO. The second kappa shape index (κ2) is 3.18. The largest absolute Gasteiger partial charge is 0.379 e. The number of nitrogens with zero attached hydrogens (tertiary/aromatic N) is 1. The van der Waals surface area contributed by atoms with Crippen molar-refractivity contribution in [1.82, 2.24) is 4.90 Å². The van der Waals surface area contributed by atoms with E-state index in [9.17, 15) is 0 Å². The smallest absolute Gasteiger partial charge is 0.104 e. The number of rotatable bonds is 1. The lowest BCUT2D eigenvalue weighted by Crippen LogP contribution is -2.33. The zero-order valence-corrected chi connectivity index (χ0v) is 5.88. The minimum Gasteiger partial charge on any atom is -0.379 e. The Hall–Kier alpha value is -0.0800. The van der Waals surface area contributed by atoms with Crippen LogP contribution >= 0.6 is 0 Å². The van der Waals surface area contributed by atoms with Crippen molar-refractivity contribution in [3.63, 3.8) is 0 Å². The van der Waals surface area contributed by atoms with Gasteiger partial charge in [-0.05, 0) is 19.8 Å². The lowest BCUT2D eigenvalue weighted by molar-refractivity contribution is 0.0289.